The summed E-state index contributed by atoms with van der Waals surface area (Å²) in [6.07, 6.45) is 0. The Balaban J connectivity index is 2.34. The molecule has 0 saturated heterocycles. The quantitative estimate of drug-likeness (QED) is 0.754. The highest BCUT2D eigenvalue weighted by Crippen LogP contribution is 2.25. The molecule has 1 heteroatoms. The van der Waals surface area contributed by atoms with Crippen LogP contribution in [0.15, 0.2) is 42.5 Å². The van der Waals surface area contributed by atoms with Crippen LogP contribution in [0.5, 0.6) is 0 Å². The van der Waals surface area contributed by atoms with E-state index in [9.17, 15) is 0 Å². The van der Waals surface area contributed by atoms with Crippen molar-refractivity contribution in [2.75, 3.05) is 5.73 Å². The van der Waals surface area contributed by atoms with Gasteiger partial charge in [0.05, 0.1) is 0 Å². The summed E-state index contributed by atoms with van der Waals surface area (Å²) in [4.78, 5) is 0. The van der Waals surface area contributed by atoms with Gasteiger partial charge in [-0.25, -0.2) is 0 Å². The van der Waals surface area contributed by atoms with Crippen LogP contribution >= 0.6 is 0 Å². The Morgan fingerprint density at radius 2 is 2.00 bits per heavy atom. The minimum Gasteiger partial charge on any atom is -0.399 e. The van der Waals surface area contributed by atoms with Crippen LogP contribution in [0.1, 0.15) is 29.5 Å². The standard InChI is InChI=1S/C15H16N/c1-11-10-14(8-9-15(11)16)12(2)13-6-4-3-5-7-13/h3-4,6-10,12H,16H2,1-2H3. The Hall–Kier alpha value is -1.76. The summed E-state index contributed by atoms with van der Waals surface area (Å²) >= 11 is 0. The number of anilines is 1. The van der Waals surface area contributed by atoms with Crippen molar-refractivity contribution in [1.82, 2.24) is 0 Å². The maximum atomic E-state index is 5.82. The zero-order valence-electron chi connectivity index (χ0n) is 9.70. The summed E-state index contributed by atoms with van der Waals surface area (Å²) in [6.45, 7) is 4.25. The van der Waals surface area contributed by atoms with E-state index in [0.717, 1.165) is 11.3 Å². The van der Waals surface area contributed by atoms with Crippen molar-refractivity contribution in [3.8, 4) is 0 Å². The van der Waals surface area contributed by atoms with Crippen LogP contribution in [0, 0.1) is 13.0 Å². The van der Waals surface area contributed by atoms with Gasteiger partial charge in [0.15, 0.2) is 0 Å². The molecule has 81 valence electrons. The fourth-order valence-electron chi connectivity index (χ4n) is 1.84. The fourth-order valence-corrected chi connectivity index (χ4v) is 1.84. The second-order valence-electron chi connectivity index (χ2n) is 4.17. The van der Waals surface area contributed by atoms with Crippen molar-refractivity contribution in [3.63, 3.8) is 0 Å². The fraction of sp³-hybridized carbons (Fsp3) is 0.200. The van der Waals surface area contributed by atoms with Crippen LogP contribution in [-0.2, 0) is 0 Å². The van der Waals surface area contributed by atoms with Crippen molar-refractivity contribution in [2.45, 2.75) is 19.8 Å². The normalized spacial score (nSPS) is 12.4. The van der Waals surface area contributed by atoms with Crippen molar-refractivity contribution in [2.24, 2.45) is 0 Å². The molecule has 1 atom stereocenters. The molecular weight excluding hydrogens is 194 g/mol. The summed E-state index contributed by atoms with van der Waals surface area (Å²) in [5.74, 6) is 0.386. The first-order valence-corrected chi connectivity index (χ1v) is 5.50. The Kier molecular flexibility index (Phi) is 2.95. The van der Waals surface area contributed by atoms with Crippen LogP contribution in [0.2, 0.25) is 0 Å². The number of hydrogen-bond acceptors (Lipinski definition) is 1. The molecule has 16 heavy (non-hydrogen) atoms. The van der Waals surface area contributed by atoms with E-state index < -0.39 is 0 Å². The van der Waals surface area contributed by atoms with Crippen LogP contribution in [0.25, 0.3) is 0 Å². The lowest BCUT2D eigenvalue weighted by Crippen LogP contribution is -1.98. The lowest BCUT2D eigenvalue weighted by molar-refractivity contribution is 0.920. The largest absolute Gasteiger partial charge is 0.399 e. The monoisotopic (exact) mass is 210 g/mol. The molecule has 0 aromatic heterocycles. The molecule has 0 saturated carbocycles. The maximum absolute atomic E-state index is 5.82. The summed E-state index contributed by atoms with van der Waals surface area (Å²) < 4.78 is 0. The number of hydrogen-bond donors (Lipinski definition) is 1. The summed E-state index contributed by atoms with van der Waals surface area (Å²) in [5.41, 5.74) is 10.4. The predicted octanol–water partition coefficient (Wildman–Crippen LogP) is 3.53. The van der Waals surface area contributed by atoms with Crippen LogP contribution in [0.4, 0.5) is 5.69 Å². The number of nitrogen functional groups attached to an aromatic ring is 1. The third-order valence-electron chi connectivity index (χ3n) is 3.02. The maximum Gasteiger partial charge on any atom is 0.0343 e. The van der Waals surface area contributed by atoms with Gasteiger partial charge in [0.2, 0.25) is 0 Å². The molecule has 0 spiro atoms. The van der Waals surface area contributed by atoms with Gasteiger partial charge in [-0.15, -0.1) is 0 Å². The smallest absolute Gasteiger partial charge is 0.0343 e. The lowest BCUT2D eigenvalue weighted by Gasteiger charge is -2.13. The van der Waals surface area contributed by atoms with Gasteiger partial charge in [-0.3, -0.25) is 0 Å². The van der Waals surface area contributed by atoms with Crippen LogP contribution < -0.4 is 5.73 Å². The van der Waals surface area contributed by atoms with Gasteiger partial charge in [0, 0.05) is 11.6 Å². The average molecular weight is 210 g/mol. The zero-order chi connectivity index (χ0) is 11.5. The van der Waals surface area contributed by atoms with Gasteiger partial charge in [-0.05, 0) is 35.7 Å². The Morgan fingerprint density at radius 1 is 1.19 bits per heavy atom. The highest BCUT2D eigenvalue weighted by molar-refractivity contribution is 5.49. The predicted molar refractivity (Wildman–Crippen MR) is 68.4 cm³/mol. The number of aryl methyl sites for hydroxylation is 1. The molecule has 1 radical (unpaired) electrons. The minimum absolute atomic E-state index is 0.386. The molecular formula is C15H16N. The van der Waals surface area contributed by atoms with Crippen molar-refractivity contribution in [1.29, 1.82) is 0 Å². The van der Waals surface area contributed by atoms with Crippen molar-refractivity contribution >= 4 is 5.69 Å². The molecule has 0 heterocycles. The molecule has 0 aliphatic heterocycles. The first-order valence-electron chi connectivity index (χ1n) is 5.50. The van der Waals surface area contributed by atoms with Gasteiger partial charge in [0.1, 0.15) is 0 Å². The lowest BCUT2D eigenvalue weighted by atomic mass is 9.92. The van der Waals surface area contributed by atoms with E-state index in [0.29, 0.717) is 5.92 Å². The molecule has 0 bridgehead atoms. The van der Waals surface area contributed by atoms with E-state index in [4.69, 9.17) is 5.73 Å². The second kappa shape index (κ2) is 4.40. The van der Waals surface area contributed by atoms with Gasteiger partial charge >= 0.3 is 0 Å². The van der Waals surface area contributed by atoms with Gasteiger partial charge in [-0.2, -0.15) is 0 Å². The third-order valence-corrected chi connectivity index (χ3v) is 3.02. The third kappa shape index (κ3) is 2.08. The first-order chi connectivity index (χ1) is 7.68. The van der Waals surface area contributed by atoms with Crippen LogP contribution in [0.3, 0.4) is 0 Å². The number of rotatable bonds is 2. The van der Waals surface area contributed by atoms with Gasteiger partial charge in [-0.1, -0.05) is 43.3 Å². The number of benzene rings is 2. The SMILES string of the molecule is Cc1cc(C(C)c2c[c]ccc2)ccc1N. The summed E-state index contributed by atoms with van der Waals surface area (Å²) in [6, 6.07) is 17.5. The Bertz CT molecular complexity index is 474. The highest BCUT2D eigenvalue weighted by Gasteiger charge is 2.08. The topological polar surface area (TPSA) is 26.0 Å². The average Bonchev–Trinajstić information content (AvgIpc) is 2.33. The van der Waals surface area contributed by atoms with E-state index in [1.165, 1.54) is 11.1 Å². The highest BCUT2D eigenvalue weighted by atomic mass is 14.5. The van der Waals surface area contributed by atoms with Crippen LogP contribution in [-0.4, -0.2) is 0 Å². The van der Waals surface area contributed by atoms with Crippen molar-refractivity contribution in [3.05, 3.63) is 65.2 Å². The van der Waals surface area contributed by atoms with Crippen molar-refractivity contribution < 1.29 is 0 Å². The molecule has 2 aromatic carbocycles. The minimum atomic E-state index is 0.386. The first kappa shape index (κ1) is 10.7. The van der Waals surface area contributed by atoms with E-state index in [2.05, 4.69) is 31.2 Å². The van der Waals surface area contributed by atoms with E-state index >= 15 is 0 Å². The molecule has 0 amide bonds. The van der Waals surface area contributed by atoms with E-state index in [1.54, 1.807) is 0 Å². The summed E-state index contributed by atoms with van der Waals surface area (Å²) in [5, 5.41) is 0. The van der Waals surface area contributed by atoms with Gasteiger partial charge < -0.3 is 5.73 Å². The molecule has 0 fully saturated rings. The second-order valence-corrected chi connectivity index (χ2v) is 4.17. The number of nitrogens with two attached hydrogens (primary N) is 1. The Labute approximate surface area is 96.9 Å². The van der Waals surface area contributed by atoms with E-state index in [-0.39, 0.29) is 0 Å². The molecule has 1 nitrogen and oxygen atoms in total. The zero-order valence-corrected chi connectivity index (χ0v) is 9.70. The Morgan fingerprint density at radius 3 is 2.62 bits per heavy atom. The molecule has 0 aliphatic carbocycles. The molecule has 2 rings (SSSR count). The van der Waals surface area contributed by atoms with E-state index in [1.807, 2.05) is 31.2 Å². The molecule has 0 aliphatic rings. The summed E-state index contributed by atoms with van der Waals surface area (Å²) in [7, 11) is 0. The molecule has 2 N–H and O–H groups in total. The van der Waals surface area contributed by atoms with Gasteiger partial charge in [0.25, 0.3) is 0 Å². The molecule has 1 unspecified atom stereocenters. The molecule has 2 aromatic rings.